The molecule has 0 saturated heterocycles. The van der Waals surface area contributed by atoms with Crippen LogP contribution < -0.4 is 21.1 Å². The summed E-state index contributed by atoms with van der Waals surface area (Å²) >= 11 is 6.05. The fourth-order valence-corrected chi connectivity index (χ4v) is 2.34. The van der Waals surface area contributed by atoms with Crippen LogP contribution in [0.2, 0.25) is 5.15 Å². The van der Waals surface area contributed by atoms with Crippen LogP contribution in [0, 0.1) is 0 Å². The first-order valence-electron chi connectivity index (χ1n) is 7.52. The molecule has 128 valence electrons. The van der Waals surface area contributed by atoms with Crippen molar-refractivity contribution in [3.05, 3.63) is 59.6 Å². The van der Waals surface area contributed by atoms with Crippen LogP contribution in [0.3, 0.4) is 0 Å². The highest BCUT2D eigenvalue weighted by Crippen LogP contribution is 2.28. The first kappa shape index (κ1) is 16.8. The second-order valence-corrected chi connectivity index (χ2v) is 5.51. The molecule has 0 aliphatic carbocycles. The van der Waals surface area contributed by atoms with E-state index in [1.54, 1.807) is 25.4 Å². The number of nitrogens with zero attached hydrogens (tertiary/aromatic N) is 3. The fraction of sp³-hybridized carbons (Fsp3) is 0.118. The zero-order valence-corrected chi connectivity index (χ0v) is 14.3. The number of pyridine rings is 1. The Kier molecular flexibility index (Phi) is 5.15. The van der Waals surface area contributed by atoms with Gasteiger partial charge in [-0.15, -0.1) is 0 Å². The predicted octanol–water partition coefficient (Wildman–Crippen LogP) is 3.47. The summed E-state index contributed by atoms with van der Waals surface area (Å²) in [5.41, 5.74) is 8.25. The lowest BCUT2D eigenvalue weighted by Gasteiger charge is -2.13. The van der Waals surface area contributed by atoms with Gasteiger partial charge in [-0.25, -0.2) is 15.0 Å². The van der Waals surface area contributed by atoms with E-state index in [0.29, 0.717) is 34.7 Å². The van der Waals surface area contributed by atoms with Crippen molar-refractivity contribution in [3.63, 3.8) is 0 Å². The number of nitrogens with one attached hydrogen (secondary N) is 2. The molecule has 2 aromatic heterocycles. The van der Waals surface area contributed by atoms with Crippen molar-refractivity contribution >= 4 is 34.6 Å². The number of hydrogen-bond donors (Lipinski definition) is 3. The molecule has 0 aliphatic heterocycles. The highest BCUT2D eigenvalue weighted by Gasteiger charge is 2.10. The van der Waals surface area contributed by atoms with Crippen LogP contribution in [0.1, 0.15) is 5.56 Å². The van der Waals surface area contributed by atoms with Gasteiger partial charge in [0.2, 0.25) is 0 Å². The normalized spacial score (nSPS) is 10.3. The topological polar surface area (TPSA) is 98.0 Å². The maximum atomic E-state index is 6.16. The molecular weight excluding hydrogens is 340 g/mol. The van der Waals surface area contributed by atoms with E-state index < -0.39 is 0 Å². The number of halogens is 1. The SMILES string of the molecule is COc1ccc(CNc2ncnc(Nc3cccnc3Cl)c2N)cc1. The third-order valence-corrected chi connectivity index (χ3v) is 3.82. The maximum Gasteiger partial charge on any atom is 0.159 e. The van der Waals surface area contributed by atoms with Crippen LogP contribution in [0.15, 0.2) is 48.9 Å². The van der Waals surface area contributed by atoms with Gasteiger partial charge in [0.1, 0.15) is 17.8 Å². The second-order valence-electron chi connectivity index (χ2n) is 5.15. The lowest BCUT2D eigenvalue weighted by molar-refractivity contribution is 0.414. The summed E-state index contributed by atoms with van der Waals surface area (Å²) in [6.07, 6.45) is 3.04. The average molecular weight is 357 g/mol. The van der Waals surface area contributed by atoms with Crippen LogP contribution in [0.5, 0.6) is 5.75 Å². The summed E-state index contributed by atoms with van der Waals surface area (Å²) in [6, 6.07) is 11.3. The van der Waals surface area contributed by atoms with E-state index >= 15 is 0 Å². The standard InChI is InChI=1S/C17H17ClN6O/c1-25-12-6-4-11(5-7-12)9-21-16-14(19)17(23-10-22-16)24-13-3-2-8-20-15(13)18/h2-8,10H,9,19H2,1H3,(H2,21,22,23,24). The van der Waals surface area contributed by atoms with Crippen LogP contribution in [-0.2, 0) is 6.54 Å². The Bertz CT molecular complexity index is 856. The number of anilines is 4. The van der Waals surface area contributed by atoms with Gasteiger partial charge in [0, 0.05) is 12.7 Å². The number of benzene rings is 1. The van der Waals surface area contributed by atoms with Crippen molar-refractivity contribution in [2.45, 2.75) is 6.54 Å². The molecule has 2 heterocycles. The zero-order chi connectivity index (χ0) is 17.6. The van der Waals surface area contributed by atoms with E-state index in [1.165, 1.54) is 6.33 Å². The first-order chi connectivity index (χ1) is 12.2. The molecule has 25 heavy (non-hydrogen) atoms. The molecule has 0 bridgehead atoms. The van der Waals surface area contributed by atoms with Crippen molar-refractivity contribution < 1.29 is 4.74 Å². The zero-order valence-electron chi connectivity index (χ0n) is 13.5. The molecule has 0 radical (unpaired) electrons. The molecule has 4 N–H and O–H groups in total. The lowest BCUT2D eigenvalue weighted by Crippen LogP contribution is -2.08. The Morgan fingerprint density at radius 3 is 2.56 bits per heavy atom. The predicted molar refractivity (Wildman–Crippen MR) is 99.3 cm³/mol. The third kappa shape index (κ3) is 4.07. The van der Waals surface area contributed by atoms with Gasteiger partial charge in [-0.1, -0.05) is 23.7 Å². The first-order valence-corrected chi connectivity index (χ1v) is 7.90. The Morgan fingerprint density at radius 1 is 1.08 bits per heavy atom. The number of ether oxygens (including phenoxy) is 1. The molecule has 0 saturated carbocycles. The summed E-state index contributed by atoms with van der Waals surface area (Å²) in [4.78, 5) is 12.4. The molecule has 0 spiro atoms. The molecule has 3 rings (SSSR count). The largest absolute Gasteiger partial charge is 0.497 e. The van der Waals surface area contributed by atoms with Gasteiger partial charge in [0.05, 0.1) is 12.8 Å². The van der Waals surface area contributed by atoms with E-state index in [2.05, 4.69) is 25.6 Å². The minimum Gasteiger partial charge on any atom is -0.497 e. The number of aromatic nitrogens is 3. The molecule has 0 aliphatic rings. The van der Waals surface area contributed by atoms with Gasteiger partial charge in [-0.3, -0.25) is 0 Å². The van der Waals surface area contributed by atoms with E-state index in [0.717, 1.165) is 11.3 Å². The molecule has 8 heteroatoms. The Balaban J connectivity index is 1.73. The molecule has 0 fully saturated rings. The van der Waals surface area contributed by atoms with Gasteiger partial charge in [-0.05, 0) is 29.8 Å². The van der Waals surface area contributed by atoms with Crippen LogP contribution in [0.4, 0.5) is 23.0 Å². The van der Waals surface area contributed by atoms with Gasteiger partial charge >= 0.3 is 0 Å². The maximum absolute atomic E-state index is 6.16. The van der Waals surface area contributed by atoms with Crippen molar-refractivity contribution in [2.24, 2.45) is 0 Å². The van der Waals surface area contributed by atoms with Gasteiger partial charge < -0.3 is 21.1 Å². The molecular formula is C17H17ClN6O. The van der Waals surface area contributed by atoms with Gasteiger partial charge in [-0.2, -0.15) is 0 Å². The monoisotopic (exact) mass is 356 g/mol. The van der Waals surface area contributed by atoms with E-state index in [1.807, 2.05) is 24.3 Å². The van der Waals surface area contributed by atoms with E-state index in [9.17, 15) is 0 Å². The van der Waals surface area contributed by atoms with E-state index in [4.69, 9.17) is 22.1 Å². The molecule has 0 atom stereocenters. The average Bonchev–Trinajstić information content (AvgIpc) is 2.64. The fourth-order valence-electron chi connectivity index (χ4n) is 2.17. The summed E-state index contributed by atoms with van der Waals surface area (Å²) in [5.74, 6) is 1.81. The number of rotatable bonds is 6. The Morgan fingerprint density at radius 2 is 1.84 bits per heavy atom. The van der Waals surface area contributed by atoms with Crippen LogP contribution in [0.25, 0.3) is 0 Å². The minimum absolute atomic E-state index is 0.341. The molecule has 7 nitrogen and oxygen atoms in total. The van der Waals surface area contributed by atoms with E-state index in [-0.39, 0.29) is 0 Å². The number of nitrogens with two attached hydrogens (primary N) is 1. The smallest absolute Gasteiger partial charge is 0.159 e. The molecule has 0 amide bonds. The van der Waals surface area contributed by atoms with Crippen molar-refractivity contribution in [3.8, 4) is 5.75 Å². The van der Waals surface area contributed by atoms with Crippen molar-refractivity contribution in [2.75, 3.05) is 23.5 Å². The van der Waals surface area contributed by atoms with Gasteiger partial charge in [0.15, 0.2) is 16.8 Å². The molecule has 1 aromatic carbocycles. The Hall–Kier alpha value is -3.06. The number of hydrogen-bond acceptors (Lipinski definition) is 7. The summed E-state index contributed by atoms with van der Waals surface area (Å²) in [7, 11) is 1.64. The van der Waals surface area contributed by atoms with Crippen LogP contribution in [-0.4, -0.2) is 22.1 Å². The van der Waals surface area contributed by atoms with Crippen molar-refractivity contribution in [1.29, 1.82) is 0 Å². The van der Waals surface area contributed by atoms with Crippen LogP contribution >= 0.6 is 11.6 Å². The summed E-state index contributed by atoms with van der Waals surface area (Å²) in [6.45, 7) is 0.568. The summed E-state index contributed by atoms with van der Waals surface area (Å²) in [5, 5.41) is 6.61. The highest BCUT2D eigenvalue weighted by molar-refractivity contribution is 6.32. The second kappa shape index (κ2) is 7.67. The molecule has 3 aromatic rings. The molecule has 0 unspecified atom stereocenters. The number of methoxy groups -OCH3 is 1. The lowest BCUT2D eigenvalue weighted by atomic mass is 10.2. The van der Waals surface area contributed by atoms with Crippen molar-refractivity contribution in [1.82, 2.24) is 15.0 Å². The Labute approximate surface area is 150 Å². The highest BCUT2D eigenvalue weighted by atomic mass is 35.5. The van der Waals surface area contributed by atoms with Gasteiger partial charge in [0.25, 0.3) is 0 Å². The number of nitrogen functional groups attached to an aromatic ring is 1. The third-order valence-electron chi connectivity index (χ3n) is 3.52. The quantitative estimate of drug-likeness (QED) is 0.581. The summed E-state index contributed by atoms with van der Waals surface area (Å²) < 4.78 is 5.15. The minimum atomic E-state index is 0.341.